The zero-order chi connectivity index (χ0) is 12.8. The van der Waals surface area contributed by atoms with Crippen LogP contribution >= 0.6 is 11.8 Å². The predicted octanol–water partition coefficient (Wildman–Crippen LogP) is 2.75. The molecule has 2 N–H and O–H groups in total. The van der Waals surface area contributed by atoms with E-state index in [0.29, 0.717) is 6.42 Å². The first-order chi connectivity index (χ1) is 8.31. The van der Waals surface area contributed by atoms with Gasteiger partial charge in [0.15, 0.2) is 0 Å². The molecule has 100 valence electrons. The summed E-state index contributed by atoms with van der Waals surface area (Å²) in [6, 6.07) is 0. The van der Waals surface area contributed by atoms with Crippen LogP contribution in [0.2, 0.25) is 0 Å². The molecule has 0 aromatic rings. The Hall–Kier alpha value is -0.480. The normalized spacial score (nSPS) is 10.2. The molecule has 0 spiro atoms. The second-order valence-electron chi connectivity index (χ2n) is 3.91. The number of hydrogen-bond acceptors (Lipinski definition) is 4. The SMILES string of the molecule is C=C(CCCCN)OCCSCCCCC=O. The standard InChI is InChI=1S/C13H25NO2S/c1-13(7-3-4-8-14)16-10-12-17-11-6-2-5-9-15/h9H,1-8,10-12,14H2. The third kappa shape index (κ3) is 13.5. The Morgan fingerprint density at radius 3 is 2.76 bits per heavy atom. The Morgan fingerprint density at radius 2 is 2.06 bits per heavy atom. The predicted molar refractivity (Wildman–Crippen MR) is 75.2 cm³/mol. The number of ether oxygens (including phenoxy) is 1. The van der Waals surface area contributed by atoms with Crippen molar-refractivity contribution in [1.29, 1.82) is 0 Å². The molecule has 17 heavy (non-hydrogen) atoms. The fourth-order valence-electron chi connectivity index (χ4n) is 1.32. The Kier molecular flexibility index (Phi) is 13.2. The van der Waals surface area contributed by atoms with Crippen LogP contribution in [-0.4, -0.2) is 30.9 Å². The van der Waals surface area contributed by atoms with Crippen LogP contribution in [0.1, 0.15) is 38.5 Å². The Morgan fingerprint density at radius 1 is 1.24 bits per heavy atom. The summed E-state index contributed by atoms with van der Waals surface area (Å²) in [6.45, 7) is 5.35. The molecule has 4 heteroatoms. The van der Waals surface area contributed by atoms with E-state index < -0.39 is 0 Å². The van der Waals surface area contributed by atoms with E-state index in [9.17, 15) is 4.79 Å². The molecule has 0 saturated heterocycles. The van der Waals surface area contributed by atoms with Crippen molar-refractivity contribution in [3.05, 3.63) is 12.3 Å². The van der Waals surface area contributed by atoms with Crippen LogP contribution in [0.4, 0.5) is 0 Å². The van der Waals surface area contributed by atoms with Crippen LogP contribution < -0.4 is 5.73 Å². The molecule has 0 aromatic carbocycles. The molecule has 0 heterocycles. The first kappa shape index (κ1) is 16.5. The molecule has 0 bridgehead atoms. The van der Waals surface area contributed by atoms with Gasteiger partial charge in [-0.3, -0.25) is 0 Å². The Bertz CT molecular complexity index is 198. The molecule has 0 amide bonds. The summed E-state index contributed by atoms with van der Waals surface area (Å²) in [5, 5.41) is 0. The maximum atomic E-state index is 10.1. The largest absolute Gasteiger partial charge is 0.498 e. The molecule has 0 fully saturated rings. The summed E-state index contributed by atoms with van der Waals surface area (Å²) in [6.07, 6.45) is 6.81. The van der Waals surface area contributed by atoms with Gasteiger partial charge in [-0.2, -0.15) is 11.8 Å². The van der Waals surface area contributed by atoms with Gasteiger partial charge >= 0.3 is 0 Å². The minimum absolute atomic E-state index is 0.689. The van der Waals surface area contributed by atoms with Gasteiger partial charge in [0.05, 0.1) is 12.4 Å². The highest BCUT2D eigenvalue weighted by Gasteiger charge is 1.96. The molecular formula is C13H25NO2S. The fraction of sp³-hybridized carbons (Fsp3) is 0.769. The topological polar surface area (TPSA) is 52.3 Å². The lowest BCUT2D eigenvalue weighted by Gasteiger charge is -2.08. The number of hydrogen-bond donors (Lipinski definition) is 1. The zero-order valence-corrected chi connectivity index (χ0v) is 11.5. The molecule has 0 unspecified atom stereocenters. The van der Waals surface area contributed by atoms with Crippen molar-refractivity contribution in [3.63, 3.8) is 0 Å². The van der Waals surface area contributed by atoms with Crippen LogP contribution in [0.15, 0.2) is 12.3 Å². The summed E-state index contributed by atoms with van der Waals surface area (Å²) >= 11 is 1.87. The number of thioether (sulfide) groups is 1. The van der Waals surface area contributed by atoms with Crippen LogP contribution in [0, 0.1) is 0 Å². The number of carbonyl (C=O) groups is 1. The lowest BCUT2D eigenvalue weighted by molar-refractivity contribution is -0.107. The van der Waals surface area contributed by atoms with Gasteiger partial charge in [-0.15, -0.1) is 0 Å². The number of rotatable bonds is 13. The average molecular weight is 259 g/mol. The number of nitrogens with two attached hydrogens (primary N) is 1. The van der Waals surface area contributed by atoms with Crippen molar-refractivity contribution in [1.82, 2.24) is 0 Å². The fourth-order valence-corrected chi connectivity index (χ4v) is 2.13. The van der Waals surface area contributed by atoms with E-state index >= 15 is 0 Å². The number of aldehydes is 1. The van der Waals surface area contributed by atoms with Crippen molar-refractivity contribution in [2.75, 3.05) is 24.7 Å². The van der Waals surface area contributed by atoms with Gasteiger partial charge in [0.25, 0.3) is 0 Å². The van der Waals surface area contributed by atoms with Gasteiger partial charge < -0.3 is 15.3 Å². The lowest BCUT2D eigenvalue weighted by Crippen LogP contribution is -2.01. The molecule has 3 nitrogen and oxygen atoms in total. The van der Waals surface area contributed by atoms with E-state index in [0.717, 1.165) is 68.8 Å². The maximum Gasteiger partial charge on any atom is 0.119 e. The number of unbranched alkanes of at least 4 members (excludes halogenated alkanes) is 3. The Balaban J connectivity index is 3.11. The summed E-state index contributed by atoms with van der Waals surface area (Å²) in [7, 11) is 0. The van der Waals surface area contributed by atoms with Crippen LogP contribution in [0.5, 0.6) is 0 Å². The van der Waals surface area contributed by atoms with Gasteiger partial charge in [0.1, 0.15) is 6.29 Å². The zero-order valence-electron chi connectivity index (χ0n) is 10.7. The second-order valence-corrected chi connectivity index (χ2v) is 5.13. The number of carbonyl (C=O) groups excluding carboxylic acids is 1. The van der Waals surface area contributed by atoms with Gasteiger partial charge in [0, 0.05) is 18.6 Å². The molecule has 0 aliphatic rings. The summed E-state index contributed by atoms with van der Waals surface area (Å²) in [5.74, 6) is 2.98. The van der Waals surface area contributed by atoms with Crippen LogP contribution in [0.3, 0.4) is 0 Å². The van der Waals surface area contributed by atoms with E-state index in [1.807, 2.05) is 11.8 Å². The third-order valence-electron chi connectivity index (χ3n) is 2.30. The van der Waals surface area contributed by atoms with Gasteiger partial charge in [-0.25, -0.2) is 0 Å². The molecule has 0 radical (unpaired) electrons. The van der Waals surface area contributed by atoms with Crippen LogP contribution in [0.25, 0.3) is 0 Å². The van der Waals surface area contributed by atoms with E-state index in [2.05, 4.69) is 6.58 Å². The van der Waals surface area contributed by atoms with E-state index in [-0.39, 0.29) is 0 Å². The van der Waals surface area contributed by atoms with E-state index in [1.54, 1.807) is 0 Å². The smallest absolute Gasteiger partial charge is 0.119 e. The maximum absolute atomic E-state index is 10.1. The van der Waals surface area contributed by atoms with Crippen LogP contribution in [-0.2, 0) is 9.53 Å². The third-order valence-corrected chi connectivity index (χ3v) is 3.34. The molecule has 0 aliphatic carbocycles. The minimum Gasteiger partial charge on any atom is -0.498 e. The molecular weight excluding hydrogens is 234 g/mol. The van der Waals surface area contributed by atoms with Crippen molar-refractivity contribution in [2.24, 2.45) is 5.73 Å². The van der Waals surface area contributed by atoms with E-state index in [1.165, 1.54) is 0 Å². The second kappa shape index (κ2) is 13.6. The molecule has 0 aromatic heterocycles. The average Bonchev–Trinajstić information content (AvgIpc) is 2.33. The highest BCUT2D eigenvalue weighted by atomic mass is 32.2. The van der Waals surface area contributed by atoms with Crippen molar-refractivity contribution in [3.8, 4) is 0 Å². The molecule has 0 saturated carbocycles. The summed E-state index contributed by atoms with van der Waals surface area (Å²) < 4.78 is 5.50. The van der Waals surface area contributed by atoms with Gasteiger partial charge in [-0.05, 0) is 38.0 Å². The number of allylic oxidation sites excluding steroid dienone is 1. The van der Waals surface area contributed by atoms with Gasteiger partial charge in [0.2, 0.25) is 0 Å². The van der Waals surface area contributed by atoms with Crippen molar-refractivity contribution < 1.29 is 9.53 Å². The summed E-state index contributed by atoms with van der Waals surface area (Å²) in [5.41, 5.74) is 5.41. The highest BCUT2D eigenvalue weighted by Crippen LogP contribution is 2.09. The van der Waals surface area contributed by atoms with E-state index in [4.69, 9.17) is 10.5 Å². The lowest BCUT2D eigenvalue weighted by atomic mass is 10.2. The first-order valence-electron chi connectivity index (χ1n) is 6.33. The quantitative estimate of drug-likeness (QED) is 0.314. The molecule has 0 rings (SSSR count). The molecule has 0 atom stereocenters. The molecule has 0 aliphatic heterocycles. The summed E-state index contributed by atoms with van der Waals surface area (Å²) in [4.78, 5) is 10.1. The van der Waals surface area contributed by atoms with Crippen molar-refractivity contribution in [2.45, 2.75) is 38.5 Å². The highest BCUT2D eigenvalue weighted by molar-refractivity contribution is 7.99. The first-order valence-corrected chi connectivity index (χ1v) is 7.48. The minimum atomic E-state index is 0.689. The van der Waals surface area contributed by atoms with Crippen molar-refractivity contribution >= 4 is 18.0 Å². The van der Waals surface area contributed by atoms with Gasteiger partial charge in [-0.1, -0.05) is 6.58 Å². The monoisotopic (exact) mass is 259 g/mol. The Labute approximate surface area is 109 Å².